The third-order valence-electron chi connectivity index (χ3n) is 2.73. The van der Waals surface area contributed by atoms with Gasteiger partial charge in [-0.3, -0.25) is 10.1 Å². The van der Waals surface area contributed by atoms with Gasteiger partial charge in [0, 0.05) is 5.69 Å². The fourth-order valence-electron chi connectivity index (χ4n) is 1.88. The second-order valence-corrected chi connectivity index (χ2v) is 5.66. The maximum atomic E-state index is 13.4. The summed E-state index contributed by atoms with van der Waals surface area (Å²) in [4.78, 5) is 23.0. The average molecular weight is 297 g/mol. The normalized spacial score (nSPS) is 12.6. The fraction of sp³-hybridized carbons (Fsp3) is 0.467. The summed E-state index contributed by atoms with van der Waals surface area (Å²) in [6.07, 6.45) is -0.433. The highest BCUT2D eigenvalue weighted by Crippen LogP contribution is 2.29. The summed E-state index contributed by atoms with van der Waals surface area (Å²) < 4.78 is 18.5. The molecular weight excluding hydrogens is 277 g/mol. The lowest BCUT2D eigenvalue weighted by Gasteiger charge is -2.21. The zero-order chi connectivity index (χ0) is 16.2. The summed E-state index contributed by atoms with van der Waals surface area (Å²) in [5, 5.41) is 11.7. The molecule has 6 heteroatoms. The number of amides is 1. The number of carbonyl (C=O) groups is 2. The van der Waals surface area contributed by atoms with Gasteiger partial charge in [-0.25, -0.2) is 9.18 Å². The Morgan fingerprint density at radius 2 is 2.00 bits per heavy atom. The Kier molecular flexibility index (Phi) is 5.29. The highest BCUT2D eigenvalue weighted by Gasteiger charge is 2.23. The summed E-state index contributed by atoms with van der Waals surface area (Å²) in [5.74, 6) is -2.53. The molecule has 0 spiro atoms. The summed E-state index contributed by atoms with van der Waals surface area (Å²) >= 11 is 0. The summed E-state index contributed by atoms with van der Waals surface area (Å²) in [6.45, 7) is 6.82. The molecule has 1 unspecified atom stereocenters. The van der Waals surface area contributed by atoms with E-state index >= 15 is 0 Å². The first kappa shape index (κ1) is 16.9. The Hall–Kier alpha value is -2.11. The molecule has 5 nitrogen and oxygen atoms in total. The van der Waals surface area contributed by atoms with Gasteiger partial charge in [0.25, 0.3) is 0 Å². The number of carbonyl (C=O) groups excluding carboxylic acids is 1. The molecule has 0 aliphatic rings. The molecule has 1 atom stereocenters. The van der Waals surface area contributed by atoms with Gasteiger partial charge in [0.15, 0.2) is 0 Å². The topological polar surface area (TPSA) is 75.6 Å². The van der Waals surface area contributed by atoms with E-state index in [0.29, 0.717) is 0 Å². The first-order valence-electron chi connectivity index (χ1n) is 6.66. The molecule has 116 valence electrons. The summed E-state index contributed by atoms with van der Waals surface area (Å²) in [7, 11) is 0. The van der Waals surface area contributed by atoms with Gasteiger partial charge in [0.2, 0.25) is 0 Å². The first-order valence-corrected chi connectivity index (χ1v) is 6.66. The second kappa shape index (κ2) is 6.56. The predicted molar refractivity (Wildman–Crippen MR) is 76.9 cm³/mol. The molecule has 0 heterocycles. The van der Waals surface area contributed by atoms with Crippen molar-refractivity contribution in [2.75, 3.05) is 5.32 Å². The molecule has 1 aromatic rings. The van der Waals surface area contributed by atoms with Gasteiger partial charge in [-0.1, -0.05) is 6.92 Å². The lowest BCUT2D eigenvalue weighted by molar-refractivity contribution is -0.138. The van der Waals surface area contributed by atoms with Crippen LogP contribution in [0.15, 0.2) is 18.2 Å². The molecule has 0 fully saturated rings. The van der Waals surface area contributed by atoms with Crippen LogP contribution in [0, 0.1) is 5.82 Å². The van der Waals surface area contributed by atoms with Gasteiger partial charge >= 0.3 is 12.1 Å². The van der Waals surface area contributed by atoms with Crippen LogP contribution in [-0.4, -0.2) is 22.8 Å². The van der Waals surface area contributed by atoms with Crippen LogP contribution in [0.1, 0.15) is 45.6 Å². The third-order valence-corrected chi connectivity index (χ3v) is 2.73. The summed E-state index contributed by atoms with van der Waals surface area (Å²) in [6, 6.07) is 3.61. The number of hydrogen-bond acceptors (Lipinski definition) is 3. The Morgan fingerprint density at radius 3 is 2.48 bits per heavy atom. The van der Waals surface area contributed by atoms with Crippen molar-refractivity contribution in [3.05, 3.63) is 29.6 Å². The second-order valence-electron chi connectivity index (χ2n) is 5.66. The number of halogens is 1. The van der Waals surface area contributed by atoms with Gasteiger partial charge in [0.05, 0.1) is 5.92 Å². The Bertz CT molecular complexity index is 537. The number of aliphatic carboxylic acids is 1. The van der Waals surface area contributed by atoms with E-state index in [4.69, 9.17) is 4.74 Å². The number of nitrogens with one attached hydrogen (secondary N) is 1. The fourth-order valence-corrected chi connectivity index (χ4v) is 1.88. The smallest absolute Gasteiger partial charge is 0.412 e. The lowest BCUT2D eigenvalue weighted by atomic mass is 9.95. The van der Waals surface area contributed by atoms with Crippen molar-refractivity contribution in [1.29, 1.82) is 0 Å². The van der Waals surface area contributed by atoms with Crippen molar-refractivity contribution in [2.24, 2.45) is 0 Å². The van der Waals surface area contributed by atoms with Crippen LogP contribution in [0.5, 0.6) is 0 Å². The van der Waals surface area contributed by atoms with Crippen molar-refractivity contribution in [3.63, 3.8) is 0 Å². The number of carboxylic acid groups (broad SMARTS) is 1. The van der Waals surface area contributed by atoms with Gasteiger partial charge in [-0.15, -0.1) is 0 Å². The maximum absolute atomic E-state index is 13.4. The van der Waals surface area contributed by atoms with Crippen molar-refractivity contribution >= 4 is 17.7 Å². The molecule has 2 N–H and O–H groups in total. The largest absolute Gasteiger partial charge is 0.481 e. The molecule has 0 radical (unpaired) electrons. The maximum Gasteiger partial charge on any atom is 0.412 e. The van der Waals surface area contributed by atoms with Gasteiger partial charge in [-0.2, -0.15) is 0 Å². The quantitative estimate of drug-likeness (QED) is 0.887. The zero-order valence-corrected chi connectivity index (χ0v) is 12.6. The zero-order valence-electron chi connectivity index (χ0n) is 12.6. The van der Waals surface area contributed by atoms with E-state index < -0.39 is 29.4 Å². The predicted octanol–water partition coefficient (Wildman–Crippen LogP) is 3.75. The van der Waals surface area contributed by atoms with Crippen LogP contribution >= 0.6 is 0 Å². The minimum absolute atomic E-state index is 0.218. The van der Waals surface area contributed by atoms with Crippen LogP contribution < -0.4 is 5.32 Å². The van der Waals surface area contributed by atoms with E-state index in [-0.39, 0.29) is 17.7 Å². The molecule has 1 amide bonds. The standard InChI is InChI=1S/C15H20FNO4/c1-5-10(13(18)19)11-8-9(16)6-7-12(11)17-14(20)21-15(2,3)4/h6-8,10H,5H2,1-4H3,(H,17,20)(H,18,19). The lowest BCUT2D eigenvalue weighted by Crippen LogP contribution is -2.28. The van der Waals surface area contributed by atoms with E-state index in [9.17, 15) is 19.1 Å². The van der Waals surface area contributed by atoms with Crippen LogP contribution in [0.3, 0.4) is 0 Å². The van der Waals surface area contributed by atoms with E-state index in [0.717, 1.165) is 12.1 Å². The molecule has 0 aliphatic heterocycles. The molecule has 21 heavy (non-hydrogen) atoms. The molecule has 0 aliphatic carbocycles. The van der Waals surface area contributed by atoms with E-state index in [1.54, 1.807) is 27.7 Å². The number of carboxylic acids is 1. The Labute approximate surface area is 123 Å². The SMILES string of the molecule is CCC(C(=O)O)c1cc(F)ccc1NC(=O)OC(C)(C)C. The molecule has 1 rings (SSSR count). The van der Waals surface area contributed by atoms with Crippen LogP contribution in [-0.2, 0) is 9.53 Å². The van der Waals surface area contributed by atoms with Crippen LogP contribution in [0.25, 0.3) is 0 Å². The van der Waals surface area contributed by atoms with E-state index in [1.165, 1.54) is 6.07 Å². The average Bonchev–Trinajstić information content (AvgIpc) is 2.30. The minimum atomic E-state index is -1.07. The van der Waals surface area contributed by atoms with Gasteiger partial charge in [-0.05, 0) is 51.0 Å². The van der Waals surface area contributed by atoms with Crippen LogP contribution in [0.4, 0.5) is 14.9 Å². The van der Waals surface area contributed by atoms with E-state index in [1.807, 2.05) is 0 Å². The highest BCUT2D eigenvalue weighted by atomic mass is 19.1. The molecule has 0 bridgehead atoms. The number of rotatable bonds is 4. The van der Waals surface area contributed by atoms with Crippen molar-refractivity contribution in [3.8, 4) is 0 Å². The molecule has 0 aromatic heterocycles. The monoisotopic (exact) mass is 297 g/mol. The molecule has 1 aromatic carbocycles. The van der Waals surface area contributed by atoms with Gasteiger partial charge in [0.1, 0.15) is 11.4 Å². The third kappa shape index (κ3) is 5.06. The van der Waals surface area contributed by atoms with Crippen molar-refractivity contribution in [2.45, 2.75) is 45.6 Å². The number of hydrogen-bond donors (Lipinski definition) is 2. The van der Waals surface area contributed by atoms with Crippen LogP contribution in [0.2, 0.25) is 0 Å². The summed E-state index contributed by atoms with van der Waals surface area (Å²) in [5.41, 5.74) is -0.225. The Morgan fingerprint density at radius 1 is 1.38 bits per heavy atom. The Balaban J connectivity index is 3.07. The van der Waals surface area contributed by atoms with Crippen molar-refractivity contribution in [1.82, 2.24) is 0 Å². The molecule has 0 saturated heterocycles. The molecular formula is C15H20FNO4. The highest BCUT2D eigenvalue weighted by molar-refractivity contribution is 5.88. The number of benzene rings is 1. The first-order chi connectivity index (χ1) is 9.64. The minimum Gasteiger partial charge on any atom is -0.481 e. The number of ether oxygens (including phenoxy) is 1. The van der Waals surface area contributed by atoms with E-state index in [2.05, 4.69) is 5.32 Å². The molecule has 0 saturated carbocycles. The number of anilines is 1. The van der Waals surface area contributed by atoms with Gasteiger partial charge < -0.3 is 9.84 Å². The van der Waals surface area contributed by atoms with Crippen molar-refractivity contribution < 1.29 is 23.8 Å².